The zero-order chi connectivity index (χ0) is 17.8. The van der Waals surface area contributed by atoms with Crippen molar-refractivity contribution in [3.8, 4) is 0 Å². The van der Waals surface area contributed by atoms with Crippen molar-refractivity contribution in [3.63, 3.8) is 0 Å². The molecular weight excluding hydrogens is 318 g/mol. The Kier molecular flexibility index (Phi) is 5.38. The first kappa shape index (κ1) is 17.5. The van der Waals surface area contributed by atoms with Crippen molar-refractivity contribution in [1.29, 1.82) is 0 Å². The van der Waals surface area contributed by atoms with Crippen molar-refractivity contribution in [2.45, 2.75) is 45.8 Å². The number of carbonyl (C=O) groups excluding carboxylic acids is 1. The highest BCUT2D eigenvalue weighted by molar-refractivity contribution is 5.95. The Morgan fingerprint density at radius 3 is 3.08 bits per heavy atom. The number of hydrogen-bond acceptors (Lipinski definition) is 5. The summed E-state index contributed by atoms with van der Waals surface area (Å²) < 4.78 is 5.25. The van der Waals surface area contributed by atoms with Crippen LogP contribution in [0.15, 0.2) is 28.8 Å². The number of carbonyl (C=O) groups is 1. The molecule has 1 aromatic carbocycles. The molecule has 1 aliphatic rings. The monoisotopic (exact) mass is 343 g/mol. The summed E-state index contributed by atoms with van der Waals surface area (Å²) in [6.07, 6.45) is 2.02. The molecule has 2 N–H and O–H groups in total. The molecular formula is C19H25N3O3. The molecule has 25 heavy (non-hydrogen) atoms. The third-order valence-electron chi connectivity index (χ3n) is 4.66. The summed E-state index contributed by atoms with van der Waals surface area (Å²) in [5.41, 5.74) is 3.54. The van der Waals surface area contributed by atoms with Gasteiger partial charge in [-0.25, -0.2) is 0 Å². The Bertz CT molecular complexity index is 741. The van der Waals surface area contributed by atoms with Gasteiger partial charge >= 0.3 is 0 Å². The van der Waals surface area contributed by atoms with E-state index in [-0.39, 0.29) is 5.91 Å². The molecule has 1 unspecified atom stereocenters. The second-order valence-electron chi connectivity index (χ2n) is 6.50. The average Bonchev–Trinajstić information content (AvgIpc) is 2.99. The van der Waals surface area contributed by atoms with E-state index in [0.717, 1.165) is 42.0 Å². The lowest BCUT2D eigenvalue weighted by atomic mass is 10.1. The van der Waals surface area contributed by atoms with Gasteiger partial charge in [0, 0.05) is 36.4 Å². The van der Waals surface area contributed by atoms with E-state index in [0.29, 0.717) is 25.2 Å². The molecule has 0 spiro atoms. The minimum atomic E-state index is -0.414. The second kappa shape index (κ2) is 7.70. The fourth-order valence-electron chi connectivity index (χ4n) is 3.22. The normalized spacial score (nSPS) is 17.6. The van der Waals surface area contributed by atoms with E-state index in [1.54, 1.807) is 4.90 Å². The number of β-amino-alcohol motifs (C(OH)–C–C–N with tert-alkyl or cyclic N) is 1. The minimum Gasteiger partial charge on any atom is -0.391 e. The van der Waals surface area contributed by atoms with E-state index in [4.69, 9.17) is 4.52 Å². The summed E-state index contributed by atoms with van der Waals surface area (Å²) in [6, 6.07) is 7.49. The van der Waals surface area contributed by atoms with Crippen LogP contribution in [0.2, 0.25) is 0 Å². The van der Waals surface area contributed by atoms with Gasteiger partial charge < -0.3 is 19.8 Å². The number of amides is 1. The zero-order valence-electron chi connectivity index (χ0n) is 14.8. The van der Waals surface area contributed by atoms with Crippen LogP contribution in [0.3, 0.4) is 0 Å². The molecule has 6 nitrogen and oxygen atoms in total. The number of aromatic nitrogens is 1. The summed E-state index contributed by atoms with van der Waals surface area (Å²) in [6.45, 7) is 5.68. The highest BCUT2D eigenvalue weighted by Gasteiger charge is 2.23. The van der Waals surface area contributed by atoms with Gasteiger partial charge in [0.25, 0.3) is 5.91 Å². The van der Waals surface area contributed by atoms with Gasteiger partial charge in [-0.3, -0.25) is 4.79 Å². The van der Waals surface area contributed by atoms with E-state index in [1.165, 1.54) is 0 Å². The van der Waals surface area contributed by atoms with Crippen LogP contribution >= 0.6 is 0 Å². The van der Waals surface area contributed by atoms with Crippen molar-refractivity contribution in [1.82, 2.24) is 10.1 Å². The lowest BCUT2D eigenvalue weighted by molar-refractivity contribution is 0.0474. The average molecular weight is 343 g/mol. The molecule has 1 fully saturated rings. The van der Waals surface area contributed by atoms with Gasteiger partial charge in [0.2, 0.25) is 0 Å². The topological polar surface area (TPSA) is 78.6 Å². The van der Waals surface area contributed by atoms with Crippen LogP contribution in [0.25, 0.3) is 0 Å². The fourth-order valence-corrected chi connectivity index (χ4v) is 3.22. The van der Waals surface area contributed by atoms with Gasteiger partial charge in [-0.05, 0) is 44.4 Å². The van der Waals surface area contributed by atoms with Crippen molar-refractivity contribution >= 4 is 11.6 Å². The predicted molar refractivity (Wildman–Crippen MR) is 95.5 cm³/mol. The van der Waals surface area contributed by atoms with E-state index < -0.39 is 6.10 Å². The number of likely N-dealkylation sites (tertiary alicyclic amines) is 1. The summed E-state index contributed by atoms with van der Waals surface area (Å²) in [4.78, 5) is 14.4. The molecule has 1 atom stereocenters. The molecule has 1 aliphatic heterocycles. The molecule has 3 rings (SSSR count). The number of aliphatic hydroxyl groups excluding tert-OH is 1. The first-order chi connectivity index (χ1) is 12.1. The lowest BCUT2D eigenvalue weighted by Gasteiger charge is -2.30. The van der Waals surface area contributed by atoms with E-state index in [9.17, 15) is 9.90 Å². The van der Waals surface area contributed by atoms with Crippen LogP contribution in [-0.4, -0.2) is 40.3 Å². The number of aryl methyl sites for hydroxylation is 2. The van der Waals surface area contributed by atoms with Gasteiger partial charge in [0.15, 0.2) is 0 Å². The molecule has 1 saturated heterocycles. The van der Waals surface area contributed by atoms with E-state index >= 15 is 0 Å². The van der Waals surface area contributed by atoms with Gasteiger partial charge in [0.05, 0.1) is 11.8 Å². The number of nitrogens with zero attached hydrogens (tertiary/aromatic N) is 2. The third kappa shape index (κ3) is 4.02. The number of nitrogens with one attached hydrogen (secondary N) is 1. The lowest BCUT2D eigenvalue weighted by Crippen LogP contribution is -2.42. The van der Waals surface area contributed by atoms with Crippen molar-refractivity contribution < 1.29 is 14.4 Å². The predicted octanol–water partition coefficient (Wildman–Crippen LogP) is 2.75. The minimum absolute atomic E-state index is 0.0298. The SMILES string of the molecule is CCc1noc(C)c1CNc1cccc(C(=O)N2CCCC(O)C2)c1. The number of anilines is 1. The summed E-state index contributed by atoms with van der Waals surface area (Å²) in [5, 5.41) is 17.2. The molecule has 134 valence electrons. The maximum Gasteiger partial charge on any atom is 0.254 e. The van der Waals surface area contributed by atoms with E-state index in [1.807, 2.05) is 38.1 Å². The standard InChI is InChI=1S/C19H25N3O3/c1-3-18-17(13(2)25-21-18)11-20-15-7-4-6-14(10-15)19(24)22-9-5-8-16(23)12-22/h4,6-7,10,16,20,23H,3,5,8-9,11-12H2,1-2H3. The smallest absolute Gasteiger partial charge is 0.254 e. The molecule has 1 amide bonds. The van der Waals surface area contributed by atoms with Crippen molar-refractivity contribution in [2.24, 2.45) is 0 Å². The Hall–Kier alpha value is -2.34. The quantitative estimate of drug-likeness (QED) is 0.873. The first-order valence-electron chi connectivity index (χ1n) is 8.83. The molecule has 2 aromatic rings. The number of piperidine rings is 1. The third-order valence-corrected chi connectivity index (χ3v) is 4.66. The van der Waals surface area contributed by atoms with Crippen molar-refractivity contribution in [3.05, 3.63) is 46.8 Å². The molecule has 0 aliphatic carbocycles. The Morgan fingerprint density at radius 2 is 2.32 bits per heavy atom. The number of rotatable bonds is 5. The molecule has 0 radical (unpaired) electrons. The van der Waals surface area contributed by atoms with Crippen LogP contribution in [0.1, 0.15) is 47.1 Å². The van der Waals surface area contributed by atoms with Crippen LogP contribution in [-0.2, 0) is 13.0 Å². The summed E-state index contributed by atoms with van der Waals surface area (Å²) >= 11 is 0. The van der Waals surface area contributed by atoms with Gasteiger partial charge in [0.1, 0.15) is 5.76 Å². The van der Waals surface area contributed by atoms with Gasteiger partial charge in [-0.1, -0.05) is 18.1 Å². The Morgan fingerprint density at radius 1 is 1.48 bits per heavy atom. The Balaban J connectivity index is 1.69. The molecule has 0 saturated carbocycles. The maximum atomic E-state index is 12.6. The fraction of sp³-hybridized carbons (Fsp3) is 0.474. The van der Waals surface area contributed by atoms with Crippen LogP contribution in [0.5, 0.6) is 0 Å². The molecule has 0 bridgehead atoms. The second-order valence-corrected chi connectivity index (χ2v) is 6.50. The van der Waals surface area contributed by atoms with Gasteiger partial charge in [-0.15, -0.1) is 0 Å². The van der Waals surface area contributed by atoms with E-state index in [2.05, 4.69) is 10.5 Å². The van der Waals surface area contributed by atoms with Crippen molar-refractivity contribution in [2.75, 3.05) is 18.4 Å². The zero-order valence-corrected chi connectivity index (χ0v) is 14.8. The summed E-state index contributed by atoms with van der Waals surface area (Å²) in [7, 11) is 0. The maximum absolute atomic E-state index is 12.6. The highest BCUT2D eigenvalue weighted by Crippen LogP contribution is 2.19. The Labute approximate surface area is 147 Å². The van der Waals surface area contributed by atoms with Crippen LogP contribution < -0.4 is 5.32 Å². The van der Waals surface area contributed by atoms with Crippen LogP contribution in [0.4, 0.5) is 5.69 Å². The summed E-state index contributed by atoms with van der Waals surface area (Å²) in [5.74, 6) is 0.789. The van der Waals surface area contributed by atoms with Gasteiger partial charge in [-0.2, -0.15) is 0 Å². The first-order valence-corrected chi connectivity index (χ1v) is 8.83. The number of hydrogen-bond donors (Lipinski definition) is 2. The number of aliphatic hydroxyl groups is 1. The molecule has 6 heteroatoms. The number of benzene rings is 1. The largest absolute Gasteiger partial charge is 0.391 e. The highest BCUT2D eigenvalue weighted by atomic mass is 16.5. The van der Waals surface area contributed by atoms with Crippen LogP contribution in [0, 0.1) is 6.92 Å². The molecule has 1 aromatic heterocycles. The molecule has 2 heterocycles.